The Balaban J connectivity index is 1.92. The molecule has 2 aliphatic heterocycles. The predicted octanol–water partition coefficient (Wildman–Crippen LogP) is 2.33. The number of hydrogen-bond acceptors (Lipinski definition) is 2. The zero-order chi connectivity index (χ0) is 11.0. The van der Waals surface area contributed by atoms with Crippen LogP contribution in [0.4, 0.5) is 0 Å². The second kappa shape index (κ2) is 3.95. The summed E-state index contributed by atoms with van der Waals surface area (Å²) < 4.78 is 5.73. The number of fused-ring (bicyclic) bond motifs is 1. The molecule has 1 aromatic rings. The van der Waals surface area contributed by atoms with Crippen LogP contribution in [0.5, 0.6) is 5.75 Å². The summed E-state index contributed by atoms with van der Waals surface area (Å²) >= 11 is 0. The molecule has 2 heteroatoms. The van der Waals surface area contributed by atoms with Gasteiger partial charge in [-0.25, -0.2) is 0 Å². The van der Waals surface area contributed by atoms with Gasteiger partial charge in [-0.2, -0.15) is 0 Å². The Labute approximate surface area is 96.3 Å². The van der Waals surface area contributed by atoms with Crippen LogP contribution < -0.4 is 10.1 Å². The topological polar surface area (TPSA) is 21.3 Å². The quantitative estimate of drug-likeness (QED) is 0.726. The van der Waals surface area contributed by atoms with Gasteiger partial charge in [-0.05, 0) is 17.6 Å². The van der Waals surface area contributed by atoms with Crippen molar-refractivity contribution in [3.63, 3.8) is 0 Å². The molecule has 3 rings (SSSR count). The zero-order valence-corrected chi connectivity index (χ0v) is 9.57. The highest BCUT2D eigenvalue weighted by atomic mass is 16.5. The lowest BCUT2D eigenvalue weighted by Gasteiger charge is -2.23. The summed E-state index contributed by atoms with van der Waals surface area (Å²) in [5, 5.41) is 3.47. The lowest BCUT2D eigenvalue weighted by atomic mass is 9.88. The van der Waals surface area contributed by atoms with Gasteiger partial charge in [0, 0.05) is 24.6 Å². The largest absolute Gasteiger partial charge is 0.492 e. The van der Waals surface area contributed by atoms with Gasteiger partial charge >= 0.3 is 0 Å². The first kappa shape index (κ1) is 9.91. The highest BCUT2D eigenvalue weighted by Crippen LogP contribution is 2.38. The minimum Gasteiger partial charge on any atom is -0.492 e. The van der Waals surface area contributed by atoms with Crippen molar-refractivity contribution in [1.82, 2.24) is 5.32 Å². The van der Waals surface area contributed by atoms with E-state index in [9.17, 15) is 0 Å². The van der Waals surface area contributed by atoms with E-state index in [-0.39, 0.29) is 0 Å². The third-order valence-electron chi connectivity index (χ3n) is 3.44. The van der Waals surface area contributed by atoms with Gasteiger partial charge in [0.25, 0.3) is 0 Å². The van der Waals surface area contributed by atoms with Crippen molar-refractivity contribution < 1.29 is 4.74 Å². The van der Waals surface area contributed by atoms with E-state index in [4.69, 9.17) is 4.74 Å². The fourth-order valence-electron chi connectivity index (χ4n) is 2.64. The van der Waals surface area contributed by atoms with Gasteiger partial charge in [-0.1, -0.05) is 31.2 Å². The lowest BCUT2D eigenvalue weighted by molar-refractivity contribution is 0.338. The molecule has 2 nitrogen and oxygen atoms in total. The van der Waals surface area contributed by atoms with Crippen LogP contribution in [0.1, 0.15) is 18.4 Å². The first-order valence-electron chi connectivity index (χ1n) is 5.97. The van der Waals surface area contributed by atoms with Crippen LogP contribution in [0.15, 0.2) is 35.9 Å². The molecule has 1 N–H and O–H groups in total. The van der Waals surface area contributed by atoms with Crippen LogP contribution in [0.2, 0.25) is 0 Å². The van der Waals surface area contributed by atoms with Gasteiger partial charge in [0.15, 0.2) is 0 Å². The standard InChI is InChI=1S/C14H17NO/c1-10-6-11(8-15-7-10)13-9-16-14-5-3-2-4-12(13)14/h2-6,10,13,15H,7-9H2,1H3/t10-,13?/m1/s1. The number of ether oxygens (including phenoxy) is 1. The molecule has 1 unspecified atom stereocenters. The predicted molar refractivity (Wildman–Crippen MR) is 64.8 cm³/mol. The zero-order valence-electron chi connectivity index (χ0n) is 9.57. The molecule has 0 saturated heterocycles. The van der Waals surface area contributed by atoms with E-state index in [1.165, 1.54) is 11.1 Å². The summed E-state index contributed by atoms with van der Waals surface area (Å²) in [5.74, 6) is 2.16. The summed E-state index contributed by atoms with van der Waals surface area (Å²) in [6, 6.07) is 8.39. The average Bonchev–Trinajstić information content (AvgIpc) is 2.72. The fraction of sp³-hybridized carbons (Fsp3) is 0.429. The summed E-state index contributed by atoms with van der Waals surface area (Å²) in [5.41, 5.74) is 2.84. The molecule has 1 aromatic carbocycles. The van der Waals surface area contributed by atoms with Crippen molar-refractivity contribution in [3.8, 4) is 5.75 Å². The SMILES string of the molecule is C[C@@H]1C=C(C2COc3ccccc32)CNC1. The number of benzene rings is 1. The maximum Gasteiger partial charge on any atom is 0.123 e. The minimum absolute atomic E-state index is 0.464. The molecule has 84 valence electrons. The van der Waals surface area contributed by atoms with Crippen molar-refractivity contribution in [1.29, 1.82) is 0 Å². The third kappa shape index (κ3) is 1.63. The molecule has 16 heavy (non-hydrogen) atoms. The Morgan fingerprint density at radius 1 is 1.31 bits per heavy atom. The fourth-order valence-corrected chi connectivity index (χ4v) is 2.64. The van der Waals surface area contributed by atoms with Gasteiger partial charge in [-0.15, -0.1) is 0 Å². The van der Waals surface area contributed by atoms with Gasteiger partial charge in [-0.3, -0.25) is 0 Å². The van der Waals surface area contributed by atoms with Gasteiger partial charge in [0.1, 0.15) is 5.75 Å². The van der Waals surface area contributed by atoms with Crippen molar-refractivity contribution in [2.24, 2.45) is 5.92 Å². The van der Waals surface area contributed by atoms with Crippen LogP contribution in [-0.2, 0) is 0 Å². The molecule has 2 atom stereocenters. The molecule has 0 radical (unpaired) electrons. The van der Waals surface area contributed by atoms with E-state index in [2.05, 4.69) is 36.5 Å². The molecule has 0 saturated carbocycles. The van der Waals surface area contributed by atoms with E-state index in [0.29, 0.717) is 11.8 Å². The second-order valence-electron chi connectivity index (χ2n) is 4.75. The van der Waals surface area contributed by atoms with Crippen LogP contribution in [0.25, 0.3) is 0 Å². The van der Waals surface area contributed by atoms with E-state index in [0.717, 1.165) is 25.4 Å². The Bertz CT molecular complexity index is 424. The molecule has 0 aromatic heterocycles. The Morgan fingerprint density at radius 3 is 3.06 bits per heavy atom. The second-order valence-corrected chi connectivity index (χ2v) is 4.75. The molecule has 0 aliphatic carbocycles. The van der Waals surface area contributed by atoms with Gasteiger partial charge < -0.3 is 10.1 Å². The molecule has 0 bridgehead atoms. The maximum absolute atomic E-state index is 5.73. The minimum atomic E-state index is 0.464. The van der Waals surface area contributed by atoms with Crippen molar-refractivity contribution in [2.75, 3.05) is 19.7 Å². The molecule has 2 aliphatic rings. The first-order chi connectivity index (χ1) is 7.84. The van der Waals surface area contributed by atoms with Crippen molar-refractivity contribution in [3.05, 3.63) is 41.5 Å². The monoisotopic (exact) mass is 215 g/mol. The van der Waals surface area contributed by atoms with E-state index >= 15 is 0 Å². The highest BCUT2D eigenvalue weighted by molar-refractivity contribution is 5.44. The normalized spacial score (nSPS) is 28.2. The molecule has 0 spiro atoms. The lowest BCUT2D eigenvalue weighted by Crippen LogP contribution is -2.30. The van der Waals surface area contributed by atoms with Crippen LogP contribution in [-0.4, -0.2) is 19.7 Å². The molecular formula is C14H17NO. The maximum atomic E-state index is 5.73. The van der Waals surface area contributed by atoms with E-state index in [1.54, 1.807) is 0 Å². The van der Waals surface area contributed by atoms with Crippen LogP contribution in [0.3, 0.4) is 0 Å². The van der Waals surface area contributed by atoms with Crippen molar-refractivity contribution in [2.45, 2.75) is 12.8 Å². The summed E-state index contributed by atoms with van der Waals surface area (Å²) in [7, 11) is 0. The molecule has 0 fully saturated rings. The summed E-state index contributed by atoms with van der Waals surface area (Å²) in [6.07, 6.45) is 2.41. The smallest absolute Gasteiger partial charge is 0.123 e. The van der Waals surface area contributed by atoms with Crippen molar-refractivity contribution >= 4 is 0 Å². The molecule has 0 amide bonds. The highest BCUT2D eigenvalue weighted by Gasteiger charge is 2.28. The molecule has 2 heterocycles. The first-order valence-corrected chi connectivity index (χ1v) is 5.97. The molecular weight excluding hydrogens is 198 g/mol. The summed E-state index contributed by atoms with van der Waals surface area (Å²) in [4.78, 5) is 0. The van der Waals surface area contributed by atoms with E-state index in [1.807, 2.05) is 6.07 Å². The van der Waals surface area contributed by atoms with Gasteiger partial charge in [0.2, 0.25) is 0 Å². The average molecular weight is 215 g/mol. The Kier molecular flexibility index (Phi) is 2.44. The van der Waals surface area contributed by atoms with Gasteiger partial charge in [0.05, 0.1) is 6.61 Å². The number of para-hydroxylation sites is 1. The number of nitrogens with one attached hydrogen (secondary N) is 1. The Morgan fingerprint density at radius 2 is 2.19 bits per heavy atom. The van der Waals surface area contributed by atoms with Crippen LogP contribution >= 0.6 is 0 Å². The third-order valence-corrected chi connectivity index (χ3v) is 3.44. The summed E-state index contributed by atoms with van der Waals surface area (Å²) in [6.45, 7) is 5.17. The van der Waals surface area contributed by atoms with E-state index < -0.39 is 0 Å². The Hall–Kier alpha value is -1.28. The number of hydrogen-bond donors (Lipinski definition) is 1. The van der Waals surface area contributed by atoms with Crippen LogP contribution in [0, 0.1) is 5.92 Å². The number of rotatable bonds is 1.